The van der Waals surface area contributed by atoms with Crippen LogP contribution in [0.4, 0.5) is 0 Å². The van der Waals surface area contributed by atoms with E-state index in [2.05, 4.69) is 114 Å². The van der Waals surface area contributed by atoms with Crippen molar-refractivity contribution in [3.63, 3.8) is 0 Å². The van der Waals surface area contributed by atoms with Crippen LogP contribution in [0.25, 0.3) is 12.2 Å². The van der Waals surface area contributed by atoms with Crippen LogP contribution in [0.15, 0.2) is 81.6 Å². The standard InChI is InChI=1S/C37H37N5/c1-25-21-22-32-29(24-25)27-16-8-5-9-19-31(27)41(32)36-39-35(38-34(40(36)3)26-14-6-4-7-15-26)42-33-20-11-10-17-28(33)30-18-12-13-23-37(30,42)2/h4-7,10,14-17,21-22,25,30,34H,11-13,18,20,23-24H2,1-3H3/t25?,30-,34?,37?/m1/s1. The van der Waals surface area contributed by atoms with Gasteiger partial charge in [-0.15, -0.1) is 5.73 Å². The molecule has 5 heteroatoms. The minimum absolute atomic E-state index is 0.0169. The van der Waals surface area contributed by atoms with Crippen molar-refractivity contribution in [1.82, 2.24) is 14.4 Å². The first-order chi connectivity index (χ1) is 20.5. The fourth-order valence-electron chi connectivity index (χ4n) is 8.15. The van der Waals surface area contributed by atoms with Crippen LogP contribution >= 0.6 is 0 Å². The van der Waals surface area contributed by atoms with E-state index in [-0.39, 0.29) is 11.7 Å². The second-order valence-corrected chi connectivity index (χ2v) is 12.8. The van der Waals surface area contributed by atoms with Gasteiger partial charge in [-0.1, -0.05) is 74.2 Å². The molecule has 0 saturated heterocycles. The number of hydrogen-bond acceptors (Lipinski definition) is 4. The van der Waals surface area contributed by atoms with Gasteiger partial charge in [-0.25, -0.2) is 4.99 Å². The summed E-state index contributed by atoms with van der Waals surface area (Å²) in [5, 5.41) is 0. The molecule has 42 heavy (non-hydrogen) atoms. The summed E-state index contributed by atoms with van der Waals surface area (Å²) < 4.78 is 2.30. The van der Waals surface area contributed by atoms with Crippen LogP contribution in [-0.4, -0.2) is 38.9 Å². The van der Waals surface area contributed by atoms with Crippen molar-refractivity contribution in [2.45, 2.75) is 70.5 Å². The van der Waals surface area contributed by atoms with Gasteiger partial charge in [0.1, 0.15) is 5.69 Å². The molecule has 3 unspecified atom stereocenters. The van der Waals surface area contributed by atoms with Crippen LogP contribution in [0.3, 0.4) is 0 Å². The van der Waals surface area contributed by atoms with E-state index in [1.165, 1.54) is 47.4 Å². The molecular formula is C37H37N5. The Hall–Kier alpha value is -4.26. The Kier molecular flexibility index (Phi) is 5.85. The molecule has 0 spiro atoms. The average Bonchev–Trinajstić information content (AvgIpc) is 3.31. The molecule has 0 N–H and O–H groups in total. The average molecular weight is 552 g/mol. The molecule has 6 aliphatic rings. The van der Waals surface area contributed by atoms with Gasteiger partial charge in [0.25, 0.3) is 0 Å². The Morgan fingerprint density at radius 3 is 2.86 bits per heavy atom. The molecule has 0 amide bonds. The number of benzene rings is 1. The first-order valence-electron chi connectivity index (χ1n) is 15.6. The second-order valence-electron chi connectivity index (χ2n) is 12.8. The summed E-state index contributed by atoms with van der Waals surface area (Å²) in [6, 6.07) is 10.7. The van der Waals surface area contributed by atoms with Gasteiger partial charge < -0.3 is 9.80 Å². The molecule has 2 aliphatic heterocycles. The molecule has 0 radical (unpaired) electrons. The van der Waals surface area contributed by atoms with Crippen molar-refractivity contribution in [3.8, 4) is 11.8 Å². The van der Waals surface area contributed by atoms with E-state index >= 15 is 0 Å². The van der Waals surface area contributed by atoms with Crippen LogP contribution in [0.1, 0.15) is 86.6 Å². The molecule has 1 saturated carbocycles. The highest BCUT2D eigenvalue weighted by Crippen LogP contribution is 2.53. The quantitative estimate of drug-likeness (QED) is 0.275. The van der Waals surface area contributed by atoms with E-state index in [1.807, 2.05) is 6.08 Å². The lowest BCUT2D eigenvalue weighted by atomic mass is 9.72. The second kappa shape index (κ2) is 9.65. The Morgan fingerprint density at radius 2 is 1.98 bits per heavy atom. The predicted molar refractivity (Wildman–Crippen MR) is 171 cm³/mol. The van der Waals surface area contributed by atoms with Crippen molar-refractivity contribution in [1.29, 1.82) is 0 Å². The van der Waals surface area contributed by atoms with Crippen LogP contribution in [-0.2, 0) is 6.42 Å². The number of aromatic nitrogens is 1. The zero-order valence-corrected chi connectivity index (χ0v) is 24.8. The topological polar surface area (TPSA) is 36.1 Å². The summed E-state index contributed by atoms with van der Waals surface area (Å²) in [5.41, 5.74) is 12.0. The first kappa shape index (κ1) is 25.5. The van der Waals surface area contributed by atoms with Gasteiger partial charge in [0.15, 0.2) is 6.17 Å². The van der Waals surface area contributed by atoms with Gasteiger partial charge in [-0.05, 0) is 79.7 Å². The summed E-state index contributed by atoms with van der Waals surface area (Å²) in [5.74, 6) is 9.41. The Bertz CT molecular complexity index is 1760. The summed E-state index contributed by atoms with van der Waals surface area (Å²) in [6.45, 7) is 4.75. The predicted octanol–water partition coefficient (Wildman–Crippen LogP) is 7.30. The highest BCUT2D eigenvalue weighted by atomic mass is 15.5. The van der Waals surface area contributed by atoms with E-state index in [1.54, 1.807) is 0 Å². The van der Waals surface area contributed by atoms with Crippen molar-refractivity contribution < 1.29 is 0 Å². The Labute approximate surface area is 249 Å². The van der Waals surface area contributed by atoms with Crippen molar-refractivity contribution in [2.75, 3.05) is 7.05 Å². The lowest BCUT2D eigenvalue weighted by Crippen LogP contribution is -2.52. The molecule has 1 aromatic heterocycles. The molecule has 5 nitrogen and oxygen atoms in total. The third kappa shape index (κ3) is 3.72. The van der Waals surface area contributed by atoms with E-state index in [0.717, 1.165) is 48.9 Å². The number of nitrogens with zero attached hydrogens (tertiary/aromatic N) is 5. The first-order valence-corrected chi connectivity index (χ1v) is 15.6. The summed E-state index contributed by atoms with van der Waals surface area (Å²) in [4.78, 5) is 15.8. The van der Waals surface area contributed by atoms with E-state index < -0.39 is 0 Å². The van der Waals surface area contributed by atoms with E-state index in [4.69, 9.17) is 9.98 Å². The van der Waals surface area contributed by atoms with Gasteiger partial charge in [-0.2, -0.15) is 4.99 Å². The van der Waals surface area contributed by atoms with Gasteiger partial charge in [0.05, 0.1) is 11.2 Å². The molecule has 4 aliphatic carbocycles. The van der Waals surface area contributed by atoms with Gasteiger partial charge >= 0.3 is 0 Å². The van der Waals surface area contributed by atoms with Crippen molar-refractivity contribution in [3.05, 3.63) is 99.7 Å². The maximum Gasteiger partial charge on any atom is 0.231 e. The van der Waals surface area contributed by atoms with Crippen LogP contribution in [0.5, 0.6) is 0 Å². The molecular weight excluding hydrogens is 514 g/mol. The third-order valence-corrected chi connectivity index (χ3v) is 10.2. The molecule has 210 valence electrons. The van der Waals surface area contributed by atoms with Crippen molar-refractivity contribution >= 4 is 24.1 Å². The Balaban J connectivity index is 1.36. The zero-order valence-electron chi connectivity index (χ0n) is 24.8. The number of hydrogen-bond donors (Lipinski definition) is 0. The normalized spacial score (nSPS) is 28.8. The minimum atomic E-state index is -0.198. The summed E-state index contributed by atoms with van der Waals surface area (Å²) in [7, 11) is 2.13. The monoisotopic (exact) mass is 551 g/mol. The van der Waals surface area contributed by atoms with E-state index in [9.17, 15) is 0 Å². The molecule has 1 aromatic carbocycles. The fraction of sp³-hybridized carbons (Fsp3) is 0.378. The van der Waals surface area contributed by atoms with Crippen LogP contribution in [0.2, 0.25) is 0 Å². The smallest absolute Gasteiger partial charge is 0.231 e. The maximum atomic E-state index is 5.53. The molecule has 4 atom stereocenters. The number of fused-ring (bicyclic) bond motifs is 5. The third-order valence-electron chi connectivity index (χ3n) is 10.2. The number of guanidine groups is 1. The van der Waals surface area contributed by atoms with Crippen LogP contribution < -0.4 is 0 Å². The highest BCUT2D eigenvalue weighted by molar-refractivity contribution is 6.01. The van der Waals surface area contributed by atoms with Crippen LogP contribution in [0, 0.1) is 23.7 Å². The molecule has 8 rings (SSSR count). The SMILES string of the molecule is CC1C=Cc2c(c3c(n2C2=NC(N4C5=C(C=CCC5)[C@H]5CCCCC54C)=NC(c4ccccc4)N2C)C#CC=C=C3)C1. The number of rotatable bonds is 1. The molecule has 0 bridgehead atoms. The van der Waals surface area contributed by atoms with Gasteiger partial charge in [0.2, 0.25) is 11.9 Å². The lowest BCUT2D eigenvalue weighted by Gasteiger charge is -2.46. The number of allylic oxidation sites excluding steroid dienone is 5. The summed E-state index contributed by atoms with van der Waals surface area (Å²) >= 11 is 0. The zero-order chi connectivity index (χ0) is 28.4. The highest BCUT2D eigenvalue weighted by Gasteiger charge is 2.52. The molecule has 1 fully saturated rings. The fourth-order valence-corrected chi connectivity index (χ4v) is 8.15. The molecule has 3 heterocycles. The van der Waals surface area contributed by atoms with Gasteiger partial charge in [0, 0.05) is 30.3 Å². The van der Waals surface area contributed by atoms with E-state index in [0.29, 0.717) is 11.8 Å². The number of aliphatic imine (C=N–C) groups is 2. The largest absolute Gasteiger partial charge is 0.319 e. The molecule has 2 aromatic rings. The lowest BCUT2D eigenvalue weighted by molar-refractivity contribution is 0.139. The van der Waals surface area contributed by atoms with Gasteiger partial charge in [-0.3, -0.25) is 4.57 Å². The summed E-state index contributed by atoms with van der Waals surface area (Å²) in [6.07, 6.45) is 21.1. The minimum Gasteiger partial charge on any atom is -0.319 e. The Morgan fingerprint density at radius 1 is 1.10 bits per heavy atom. The maximum absolute atomic E-state index is 5.53. The van der Waals surface area contributed by atoms with Crippen molar-refractivity contribution in [2.24, 2.45) is 21.8 Å².